The van der Waals surface area contributed by atoms with E-state index in [1.165, 1.54) is 6.07 Å². The highest BCUT2D eigenvalue weighted by Crippen LogP contribution is 2.29. The van der Waals surface area contributed by atoms with Crippen molar-refractivity contribution in [1.29, 1.82) is 0 Å². The topological polar surface area (TPSA) is 97.1 Å². The maximum absolute atomic E-state index is 11.8. The Bertz CT molecular complexity index is 613. The van der Waals surface area contributed by atoms with E-state index in [0.29, 0.717) is 5.69 Å². The quantitative estimate of drug-likeness (QED) is 0.620. The van der Waals surface area contributed by atoms with Crippen LogP contribution in [0.25, 0.3) is 0 Å². The van der Waals surface area contributed by atoms with Gasteiger partial charge in [0, 0.05) is 11.8 Å². The minimum Gasteiger partial charge on any atom is -0.478 e. The smallest absolute Gasteiger partial charge is 0.344 e. The third-order valence-corrected chi connectivity index (χ3v) is 2.50. The molecule has 0 saturated heterocycles. The number of rotatable bonds is 6. The Balaban J connectivity index is 2.69. The van der Waals surface area contributed by atoms with E-state index >= 15 is 0 Å². The molecule has 1 rings (SSSR count). The van der Waals surface area contributed by atoms with E-state index in [1.54, 1.807) is 53.7 Å². The molecule has 0 aliphatic rings. The minimum atomic E-state index is -0.605. The first-order valence-corrected chi connectivity index (χ1v) is 7.94. The van der Waals surface area contributed by atoms with Crippen molar-refractivity contribution >= 4 is 17.6 Å². The average Bonchev–Trinajstić information content (AvgIpc) is 2.40. The van der Waals surface area contributed by atoms with Crippen LogP contribution in [0.4, 0.5) is 5.69 Å². The summed E-state index contributed by atoms with van der Waals surface area (Å²) in [6.07, 6.45) is 0. The van der Waals surface area contributed by atoms with Gasteiger partial charge >= 0.3 is 11.9 Å². The number of nitrogen functional groups attached to an aromatic ring is 1. The zero-order valence-corrected chi connectivity index (χ0v) is 15.7. The van der Waals surface area contributed by atoms with Crippen LogP contribution in [-0.2, 0) is 19.1 Å². The second-order valence-corrected chi connectivity index (χ2v) is 7.46. The standard InChI is InChI=1S/C18H27NO6/c1-17(2,3)24-15(20)10-22-13-8-7-12(19)9-14(13)23-11-16(21)25-18(4,5)6/h7-9H,10-11,19H2,1-6H3. The number of nitrogens with two attached hydrogens (primary N) is 1. The molecule has 0 heterocycles. The molecule has 0 unspecified atom stereocenters. The molecule has 0 radical (unpaired) electrons. The van der Waals surface area contributed by atoms with Gasteiger partial charge in [0.25, 0.3) is 0 Å². The number of anilines is 1. The van der Waals surface area contributed by atoms with E-state index < -0.39 is 23.1 Å². The molecule has 0 aliphatic carbocycles. The molecule has 7 nitrogen and oxygen atoms in total. The van der Waals surface area contributed by atoms with Crippen LogP contribution in [0.2, 0.25) is 0 Å². The predicted molar refractivity (Wildman–Crippen MR) is 93.5 cm³/mol. The highest BCUT2D eigenvalue weighted by Gasteiger charge is 2.19. The second kappa shape index (κ2) is 8.09. The van der Waals surface area contributed by atoms with Crippen molar-refractivity contribution in [1.82, 2.24) is 0 Å². The molecule has 140 valence electrons. The van der Waals surface area contributed by atoms with E-state index in [-0.39, 0.29) is 24.7 Å². The van der Waals surface area contributed by atoms with Crippen molar-refractivity contribution in [2.45, 2.75) is 52.7 Å². The van der Waals surface area contributed by atoms with Gasteiger partial charge in [0.05, 0.1) is 0 Å². The Labute approximate surface area is 148 Å². The van der Waals surface area contributed by atoms with Crippen molar-refractivity contribution in [2.24, 2.45) is 0 Å². The fraction of sp³-hybridized carbons (Fsp3) is 0.556. The number of esters is 2. The lowest BCUT2D eigenvalue weighted by molar-refractivity contribution is -0.158. The third kappa shape index (κ3) is 8.83. The summed E-state index contributed by atoms with van der Waals surface area (Å²) in [5.74, 6) is -0.506. The maximum Gasteiger partial charge on any atom is 0.344 e. The summed E-state index contributed by atoms with van der Waals surface area (Å²) in [4.78, 5) is 23.5. The lowest BCUT2D eigenvalue weighted by atomic mass is 10.2. The first kappa shape index (κ1) is 20.6. The first-order chi connectivity index (χ1) is 11.4. The molecule has 7 heteroatoms. The van der Waals surface area contributed by atoms with Gasteiger partial charge in [-0.1, -0.05) is 0 Å². The van der Waals surface area contributed by atoms with Crippen LogP contribution in [0.5, 0.6) is 11.5 Å². The van der Waals surface area contributed by atoms with Gasteiger partial charge in [0.1, 0.15) is 11.2 Å². The minimum absolute atomic E-state index is 0.245. The molecule has 0 spiro atoms. The molecule has 0 saturated carbocycles. The molecule has 0 atom stereocenters. The summed E-state index contributed by atoms with van der Waals surface area (Å²) in [7, 11) is 0. The van der Waals surface area contributed by atoms with Crippen LogP contribution < -0.4 is 15.2 Å². The van der Waals surface area contributed by atoms with E-state index in [0.717, 1.165) is 0 Å². The van der Waals surface area contributed by atoms with Crippen molar-refractivity contribution in [3.8, 4) is 11.5 Å². The van der Waals surface area contributed by atoms with Gasteiger partial charge in [-0.15, -0.1) is 0 Å². The number of ether oxygens (including phenoxy) is 4. The summed E-state index contributed by atoms with van der Waals surface area (Å²) in [5.41, 5.74) is 4.96. The van der Waals surface area contributed by atoms with Crippen LogP contribution in [-0.4, -0.2) is 36.4 Å². The van der Waals surface area contributed by atoms with Gasteiger partial charge in [0.2, 0.25) is 0 Å². The van der Waals surface area contributed by atoms with Gasteiger partial charge in [0.15, 0.2) is 24.7 Å². The van der Waals surface area contributed by atoms with Crippen LogP contribution in [0.1, 0.15) is 41.5 Å². The molecular weight excluding hydrogens is 326 g/mol. The Morgan fingerprint density at radius 1 is 0.840 bits per heavy atom. The average molecular weight is 353 g/mol. The first-order valence-electron chi connectivity index (χ1n) is 7.94. The number of benzene rings is 1. The van der Waals surface area contributed by atoms with Crippen LogP contribution in [0.3, 0.4) is 0 Å². The van der Waals surface area contributed by atoms with Crippen molar-refractivity contribution in [3.63, 3.8) is 0 Å². The summed E-state index contributed by atoms with van der Waals surface area (Å²) in [6, 6.07) is 4.67. The SMILES string of the molecule is CC(C)(C)OC(=O)COc1ccc(N)cc1OCC(=O)OC(C)(C)C. The van der Waals surface area contributed by atoms with E-state index in [1.807, 2.05) is 0 Å². The lowest BCUT2D eigenvalue weighted by Gasteiger charge is -2.21. The van der Waals surface area contributed by atoms with E-state index in [9.17, 15) is 9.59 Å². The maximum atomic E-state index is 11.8. The van der Waals surface area contributed by atoms with Crippen molar-refractivity contribution in [2.75, 3.05) is 18.9 Å². The number of carbonyl (C=O) groups excluding carboxylic acids is 2. The lowest BCUT2D eigenvalue weighted by Crippen LogP contribution is -2.28. The molecule has 0 aliphatic heterocycles. The van der Waals surface area contributed by atoms with Crippen LogP contribution in [0, 0.1) is 0 Å². The normalized spacial score (nSPS) is 11.6. The molecule has 0 fully saturated rings. The molecule has 25 heavy (non-hydrogen) atoms. The molecule has 0 bridgehead atoms. The van der Waals surface area contributed by atoms with Gasteiger partial charge in [-0.3, -0.25) is 0 Å². The second-order valence-electron chi connectivity index (χ2n) is 7.46. The summed E-state index contributed by atoms with van der Waals surface area (Å²) >= 11 is 0. The number of hydrogen-bond donors (Lipinski definition) is 1. The zero-order chi connectivity index (χ0) is 19.3. The number of hydrogen-bond acceptors (Lipinski definition) is 7. The Kier molecular flexibility index (Phi) is 6.67. The highest BCUT2D eigenvalue weighted by atomic mass is 16.6. The summed E-state index contributed by atoms with van der Waals surface area (Å²) in [6.45, 7) is 10.0. The summed E-state index contributed by atoms with van der Waals surface area (Å²) < 4.78 is 21.2. The highest BCUT2D eigenvalue weighted by molar-refractivity contribution is 5.72. The summed E-state index contributed by atoms with van der Waals surface area (Å²) in [5, 5.41) is 0. The van der Waals surface area contributed by atoms with Gasteiger partial charge in [-0.2, -0.15) is 0 Å². The largest absolute Gasteiger partial charge is 0.478 e. The molecule has 1 aromatic rings. The predicted octanol–water partition coefficient (Wildman–Crippen LogP) is 2.71. The van der Waals surface area contributed by atoms with Gasteiger partial charge in [-0.05, 0) is 53.7 Å². The Morgan fingerprint density at radius 2 is 1.28 bits per heavy atom. The third-order valence-electron chi connectivity index (χ3n) is 2.50. The van der Waals surface area contributed by atoms with Crippen LogP contribution in [0.15, 0.2) is 18.2 Å². The fourth-order valence-electron chi connectivity index (χ4n) is 1.77. The number of carbonyl (C=O) groups is 2. The van der Waals surface area contributed by atoms with Crippen LogP contribution >= 0.6 is 0 Å². The van der Waals surface area contributed by atoms with Gasteiger partial charge in [-0.25, -0.2) is 9.59 Å². The van der Waals surface area contributed by atoms with Gasteiger partial charge < -0.3 is 24.7 Å². The molecule has 1 aromatic carbocycles. The zero-order valence-electron chi connectivity index (χ0n) is 15.7. The fourth-order valence-corrected chi connectivity index (χ4v) is 1.77. The molecule has 0 amide bonds. The van der Waals surface area contributed by atoms with E-state index in [2.05, 4.69) is 0 Å². The van der Waals surface area contributed by atoms with E-state index in [4.69, 9.17) is 24.7 Å². The van der Waals surface area contributed by atoms with Crippen molar-refractivity contribution in [3.05, 3.63) is 18.2 Å². The Hall–Kier alpha value is -2.44. The monoisotopic (exact) mass is 353 g/mol. The molecule has 0 aromatic heterocycles. The molecular formula is C18H27NO6. The van der Waals surface area contributed by atoms with Crippen molar-refractivity contribution < 1.29 is 28.5 Å². The Morgan fingerprint density at radius 3 is 1.72 bits per heavy atom. The molecule has 2 N–H and O–H groups in total.